The van der Waals surface area contributed by atoms with Gasteiger partial charge in [-0.3, -0.25) is 4.79 Å². The summed E-state index contributed by atoms with van der Waals surface area (Å²) in [5, 5.41) is 3.05. The lowest BCUT2D eigenvalue weighted by molar-refractivity contribution is 0.0675. The highest BCUT2D eigenvalue weighted by molar-refractivity contribution is 7.91. The first kappa shape index (κ1) is 19.9. The molecule has 0 spiro atoms. The lowest BCUT2D eigenvalue weighted by atomic mass is 9.75. The molecule has 0 radical (unpaired) electrons. The van der Waals surface area contributed by atoms with E-state index in [4.69, 9.17) is 0 Å². The summed E-state index contributed by atoms with van der Waals surface area (Å²) in [4.78, 5) is 15.0. The first-order valence-electron chi connectivity index (χ1n) is 8.98. The van der Waals surface area contributed by atoms with E-state index in [1.54, 1.807) is 19.1 Å². The summed E-state index contributed by atoms with van der Waals surface area (Å²) in [5.41, 5.74) is 0.492. The molecule has 1 aromatic rings. The van der Waals surface area contributed by atoms with Gasteiger partial charge in [0.05, 0.1) is 10.6 Å². The molecular weight excluding hydrogens is 336 g/mol. The summed E-state index contributed by atoms with van der Waals surface area (Å²) >= 11 is 0. The van der Waals surface area contributed by atoms with E-state index in [1.165, 1.54) is 25.0 Å². The van der Waals surface area contributed by atoms with Gasteiger partial charge in [0.15, 0.2) is 9.84 Å². The molecule has 140 valence electrons. The number of hydrogen-bond acceptors (Lipinski definition) is 4. The van der Waals surface area contributed by atoms with Crippen molar-refractivity contribution in [3.63, 3.8) is 0 Å². The second-order valence-electron chi connectivity index (χ2n) is 7.43. The first-order valence-corrected chi connectivity index (χ1v) is 10.6. The highest BCUT2D eigenvalue weighted by atomic mass is 32.2. The third-order valence-electron chi connectivity index (χ3n) is 5.45. The van der Waals surface area contributed by atoms with Crippen LogP contribution in [-0.2, 0) is 9.84 Å². The van der Waals surface area contributed by atoms with Crippen molar-refractivity contribution in [3.8, 4) is 0 Å². The highest BCUT2D eigenvalue weighted by Gasteiger charge is 2.37. The van der Waals surface area contributed by atoms with Crippen molar-refractivity contribution >= 4 is 15.7 Å². The van der Waals surface area contributed by atoms with Crippen molar-refractivity contribution in [3.05, 3.63) is 29.8 Å². The molecule has 1 aliphatic rings. The third-order valence-corrected chi connectivity index (χ3v) is 7.20. The standard InChI is InChI=1S/C19H30N2O3S/c1-5-25(23,24)17-10-8-16(9-11-17)18(22)20-14-19(21(3)4)12-6-7-15(2)13-19/h8-11,15H,5-7,12-14H2,1-4H3,(H,20,22)/t15-,19-/m1/s1. The molecule has 1 fully saturated rings. The number of amides is 1. The van der Waals surface area contributed by atoms with Gasteiger partial charge >= 0.3 is 0 Å². The summed E-state index contributed by atoms with van der Waals surface area (Å²) < 4.78 is 23.7. The van der Waals surface area contributed by atoms with Gasteiger partial charge in [-0.05, 0) is 57.1 Å². The average molecular weight is 367 g/mol. The second kappa shape index (κ2) is 7.87. The fourth-order valence-corrected chi connectivity index (χ4v) is 4.57. The Morgan fingerprint density at radius 1 is 1.28 bits per heavy atom. The molecule has 25 heavy (non-hydrogen) atoms. The predicted molar refractivity (Wildman–Crippen MR) is 101 cm³/mol. The van der Waals surface area contributed by atoms with Crippen molar-refractivity contribution < 1.29 is 13.2 Å². The minimum absolute atomic E-state index is 0.00117. The molecule has 5 nitrogen and oxygen atoms in total. The Hall–Kier alpha value is -1.40. The Morgan fingerprint density at radius 2 is 1.92 bits per heavy atom. The molecule has 6 heteroatoms. The first-order chi connectivity index (χ1) is 11.7. The fraction of sp³-hybridized carbons (Fsp3) is 0.632. The number of carbonyl (C=O) groups is 1. The molecule has 0 aromatic heterocycles. The van der Waals surface area contributed by atoms with Crippen molar-refractivity contribution in [2.24, 2.45) is 5.92 Å². The molecule has 0 heterocycles. The van der Waals surface area contributed by atoms with Crippen molar-refractivity contribution in [2.45, 2.75) is 50.0 Å². The molecule has 1 saturated carbocycles. The summed E-state index contributed by atoms with van der Waals surface area (Å²) in [5.74, 6) is 0.564. The van der Waals surface area contributed by atoms with Crippen LogP contribution < -0.4 is 5.32 Å². The van der Waals surface area contributed by atoms with Gasteiger partial charge in [0.25, 0.3) is 5.91 Å². The number of hydrogen-bond donors (Lipinski definition) is 1. The number of nitrogens with one attached hydrogen (secondary N) is 1. The zero-order chi connectivity index (χ0) is 18.7. The van der Waals surface area contributed by atoms with Crippen LogP contribution in [0, 0.1) is 5.92 Å². The topological polar surface area (TPSA) is 66.5 Å². The van der Waals surface area contributed by atoms with Crippen LogP contribution in [0.15, 0.2) is 29.2 Å². The lowest BCUT2D eigenvalue weighted by Gasteiger charge is -2.45. The van der Waals surface area contributed by atoms with Crippen molar-refractivity contribution in [1.82, 2.24) is 10.2 Å². The van der Waals surface area contributed by atoms with E-state index in [9.17, 15) is 13.2 Å². The molecule has 1 amide bonds. The van der Waals surface area contributed by atoms with E-state index >= 15 is 0 Å². The Labute approximate surface area is 151 Å². The van der Waals surface area contributed by atoms with Crippen LogP contribution in [0.2, 0.25) is 0 Å². The molecule has 0 saturated heterocycles. The Morgan fingerprint density at radius 3 is 2.44 bits per heavy atom. The Bertz CT molecular complexity index is 698. The minimum Gasteiger partial charge on any atom is -0.350 e. The van der Waals surface area contributed by atoms with E-state index in [0.717, 1.165) is 12.8 Å². The van der Waals surface area contributed by atoms with Gasteiger partial charge in [0.1, 0.15) is 0 Å². The molecule has 0 bridgehead atoms. The third kappa shape index (κ3) is 4.61. The summed E-state index contributed by atoms with van der Waals surface area (Å²) in [6, 6.07) is 6.20. The number of nitrogens with zero attached hydrogens (tertiary/aromatic N) is 1. The Kier molecular flexibility index (Phi) is 6.27. The molecule has 1 aliphatic carbocycles. The normalized spacial score (nSPS) is 24.3. The number of sulfone groups is 1. The van der Waals surface area contributed by atoms with Crippen LogP contribution in [0.3, 0.4) is 0 Å². The number of benzene rings is 1. The second-order valence-corrected chi connectivity index (χ2v) is 9.71. The molecular formula is C19H30N2O3S. The monoisotopic (exact) mass is 366 g/mol. The maximum absolute atomic E-state index is 12.5. The Balaban J connectivity index is 2.06. The van der Waals surface area contributed by atoms with Gasteiger partial charge in [0, 0.05) is 17.6 Å². The average Bonchev–Trinajstić information content (AvgIpc) is 2.59. The smallest absolute Gasteiger partial charge is 0.251 e. The van der Waals surface area contributed by atoms with Gasteiger partial charge in [-0.1, -0.05) is 26.7 Å². The largest absolute Gasteiger partial charge is 0.350 e. The molecule has 1 N–H and O–H groups in total. The summed E-state index contributed by atoms with van der Waals surface area (Å²) in [6.45, 7) is 4.49. The van der Waals surface area contributed by atoms with Gasteiger partial charge in [-0.15, -0.1) is 0 Å². The molecule has 1 aromatic carbocycles. The summed E-state index contributed by atoms with van der Waals surface area (Å²) in [6.07, 6.45) is 4.59. The van der Waals surface area contributed by atoms with E-state index in [2.05, 4.69) is 31.2 Å². The molecule has 0 unspecified atom stereocenters. The zero-order valence-corrected chi connectivity index (χ0v) is 16.5. The SMILES string of the molecule is CCS(=O)(=O)c1ccc(C(=O)NC[C@@]2(N(C)C)CCC[C@@H](C)C2)cc1. The lowest BCUT2D eigenvalue weighted by Crippen LogP contribution is -2.55. The van der Waals surface area contributed by atoms with E-state index in [0.29, 0.717) is 18.0 Å². The van der Waals surface area contributed by atoms with Crippen molar-refractivity contribution in [2.75, 3.05) is 26.4 Å². The summed E-state index contributed by atoms with van der Waals surface area (Å²) in [7, 11) is 0.920. The van der Waals surface area contributed by atoms with E-state index < -0.39 is 9.84 Å². The maximum Gasteiger partial charge on any atom is 0.251 e. The number of carbonyl (C=O) groups excluding carboxylic acids is 1. The van der Waals surface area contributed by atoms with E-state index in [-0.39, 0.29) is 22.1 Å². The minimum atomic E-state index is -3.24. The quantitative estimate of drug-likeness (QED) is 0.841. The maximum atomic E-state index is 12.5. The van der Waals surface area contributed by atoms with Gasteiger partial charge in [-0.25, -0.2) is 8.42 Å². The van der Waals surface area contributed by atoms with Gasteiger partial charge in [0.2, 0.25) is 0 Å². The molecule has 0 aliphatic heterocycles. The number of rotatable bonds is 6. The van der Waals surface area contributed by atoms with Crippen LogP contribution in [0.5, 0.6) is 0 Å². The van der Waals surface area contributed by atoms with E-state index in [1.807, 2.05) is 0 Å². The van der Waals surface area contributed by atoms with Crippen molar-refractivity contribution in [1.29, 1.82) is 0 Å². The van der Waals surface area contributed by atoms with Crippen LogP contribution in [-0.4, -0.2) is 51.2 Å². The van der Waals surface area contributed by atoms with Crippen LogP contribution >= 0.6 is 0 Å². The molecule has 2 atom stereocenters. The predicted octanol–water partition coefficient (Wildman–Crippen LogP) is 2.72. The van der Waals surface area contributed by atoms with Crippen LogP contribution in [0.1, 0.15) is 49.9 Å². The van der Waals surface area contributed by atoms with Gasteiger partial charge < -0.3 is 10.2 Å². The van der Waals surface area contributed by atoms with Crippen LogP contribution in [0.4, 0.5) is 0 Å². The van der Waals surface area contributed by atoms with Gasteiger partial charge in [-0.2, -0.15) is 0 Å². The number of likely N-dealkylation sites (N-methyl/N-ethyl adjacent to an activating group) is 1. The molecule has 2 rings (SSSR count). The zero-order valence-electron chi connectivity index (χ0n) is 15.7. The highest BCUT2D eigenvalue weighted by Crippen LogP contribution is 2.35. The fourth-order valence-electron chi connectivity index (χ4n) is 3.68. The van der Waals surface area contributed by atoms with Crippen LogP contribution in [0.25, 0.3) is 0 Å².